The van der Waals surface area contributed by atoms with Crippen LogP contribution in [0.3, 0.4) is 0 Å². The van der Waals surface area contributed by atoms with Crippen molar-refractivity contribution in [3.63, 3.8) is 0 Å². The second-order valence-corrected chi connectivity index (χ2v) is 6.74. The molecule has 2 aromatic heterocycles. The molecular formula is C18H29IN6S. The van der Waals surface area contributed by atoms with Crippen LogP contribution in [0.5, 0.6) is 0 Å². The van der Waals surface area contributed by atoms with E-state index >= 15 is 0 Å². The number of pyridine rings is 1. The molecule has 2 aromatic rings. The number of thiazole rings is 1. The molecule has 26 heavy (non-hydrogen) atoms. The van der Waals surface area contributed by atoms with Crippen LogP contribution in [0.1, 0.15) is 36.6 Å². The number of halogens is 1. The van der Waals surface area contributed by atoms with E-state index in [-0.39, 0.29) is 24.0 Å². The Morgan fingerprint density at radius 2 is 1.96 bits per heavy atom. The van der Waals surface area contributed by atoms with Crippen LogP contribution >= 0.6 is 35.3 Å². The van der Waals surface area contributed by atoms with Gasteiger partial charge in [-0.05, 0) is 38.3 Å². The molecule has 6 nitrogen and oxygen atoms in total. The lowest BCUT2D eigenvalue weighted by atomic mass is 10.3. The molecule has 0 atom stereocenters. The lowest BCUT2D eigenvalue weighted by molar-refractivity contribution is 0.712. The standard InChI is InChI=1S/C18H28N6S.HI/c1-3-15-13-23-17(25-15)14-24-18(19-4-2)22-12-8-7-11-21-16-9-5-6-10-20-16;/h5-6,9-10,13H,3-4,7-8,11-12,14H2,1-2H3,(H,20,21)(H2,19,22,24);1H. The smallest absolute Gasteiger partial charge is 0.191 e. The predicted octanol–water partition coefficient (Wildman–Crippen LogP) is 3.67. The van der Waals surface area contributed by atoms with Gasteiger partial charge in [-0.1, -0.05) is 13.0 Å². The maximum absolute atomic E-state index is 4.61. The van der Waals surface area contributed by atoms with E-state index in [1.165, 1.54) is 4.88 Å². The van der Waals surface area contributed by atoms with Crippen LogP contribution in [-0.4, -0.2) is 35.6 Å². The highest BCUT2D eigenvalue weighted by Gasteiger charge is 2.01. The van der Waals surface area contributed by atoms with Crippen molar-refractivity contribution in [3.8, 4) is 0 Å². The van der Waals surface area contributed by atoms with Gasteiger partial charge in [0.25, 0.3) is 0 Å². The van der Waals surface area contributed by atoms with Gasteiger partial charge in [-0.25, -0.2) is 15.0 Å². The summed E-state index contributed by atoms with van der Waals surface area (Å²) in [5.41, 5.74) is 0. The number of hydrogen-bond donors (Lipinski definition) is 3. The van der Waals surface area contributed by atoms with Gasteiger partial charge in [0.15, 0.2) is 5.96 Å². The highest BCUT2D eigenvalue weighted by Crippen LogP contribution is 2.13. The van der Waals surface area contributed by atoms with E-state index in [4.69, 9.17) is 0 Å². The highest BCUT2D eigenvalue weighted by molar-refractivity contribution is 14.0. The zero-order valence-corrected chi connectivity index (χ0v) is 18.6. The Morgan fingerprint density at radius 1 is 1.12 bits per heavy atom. The van der Waals surface area contributed by atoms with Crippen molar-refractivity contribution in [2.45, 2.75) is 39.7 Å². The van der Waals surface area contributed by atoms with E-state index in [9.17, 15) is 0 Å². The van der Waals surface area contributed by atoms with Gasteiger partial charge in [0.05, 0.1) is 6.54 Å². The summed E-state index contributed by atoms with van der Waals surface area (Å²) in [6.07, 6.45) is 6.93. The van der Waals surface area contributed by atoms with Crippen molar-refractivity contribution in [1.82, 2.24) is 20.6 Å². The molecule has 0 bridgehead atoms. The van der Waals surface area contributed by atoms with Crippen molar-refractivity contribution < 1.29 is 0 Å². The van der Waals surface area contributed by atoms with Crippen LogP contribution in [0.4, 0.5) is 5.82 Å². The molecule has 0 aromatic carbocycles. The molecular weight excluding hydrogens is 459 g/mol. The second-order valence-electron chi connectivity index (χ2n) is 5.54. The molecule has 0 amide bonds. The first-order chi connectivity index (χ1) is 12.3. The molecule has 0 aliphatic heterocycles. The number of aliphatic imine (C=N–C) groups is 1. The van der Waals surface area contributed by atoms with Crippen molar-refractivity contribution in [1.29, 1.82) is 0 Å². The van der Waals surface area contributed by atoms with E-state index in [2.05, 4.69) is 44.8 Å². The summed E-state index contributed by atoms with van der Waals surface area (Å²) < 4.78 is 0. The Hall–Kier alpha value is -1.42. The van der Waals surface area contributed by atoms with E-state index < -0.39 is 0 Å². The molecule has 0 aliphatic carbocycles. The molecule has 0 saturated heterocycles. The largest absolute Gasteiger partial charge is 0.370 e. The Bertz CT molecular complexity index is 632. The first-order valence-corrected chi connectivity index (χ1v) is 9.74. The molecule has 144 valence electrons. The fourth-order valence-electron chi connectivity index (χ4n) is 2.21. The van der Waals surface area contributed by atoms with Gasteiger partial charge < -0.3 is 16.0 Å². The number of rotatable bonds is 10. The minimum atomic E-state index is 0. The zero-order valence-electron chi connectivity index (χ0n) is 15.5. The van der Waals surface area contributed by atoms with Gasteiger partial charge in [-0.3, -0.25) is 0 Å². The summed E-state index contributed by atoms with van der Waals surface area (Å²) in [6, 6.07) is 5.89. The Morgan fingerprint density at radius 3 is 2.65 bits per heavy atom. The molecule has 0 aliphatic rings. The summed E-state index contributed by atoms with van der Waals surface area (Å²) in [4.78, 5) is 14.6. The van der Waals surface area contributed by atoms with E-state index in [0.29, 0.717) is 6.54 Å². The molecule has 0 unspecified atom stereocenters. The number of guanidine groups is 1. The molecule has 2 heterocycles. The highest BCUT2D eigenvalue weighted by atomic mass is 127. The minimum Gasteiger partial charge on any atom is -0.370 e. The van der Waals surface area contributed by atoms with Crippen LogP contribution in [0, 0.1) is 0 Å². The van der Waals surface area contributed by atoms with Crippen LogP contribution < -0.4 is 16.0 Å². The van der Waals surface area contributed by atoms with Gasteiger partial charge in [-0.15, -0.1) is 35.3 Å². The number of anilines is 1. The number of nitrogens with one attached hydrogen (secondary N) is 3. The molecule has 0 fully saturated rings. The fourth-order valence-corrected chi connectivity index (χ4v) is 3.00. The number of hydrogen-bond acceptors (Lipinski definition) is 5. The van der Waals surface area contributed by atoms with Gasteiger partial charge in [0, 0.05) is 36.9 Å². The predicted molar refractivity (Wildman–Crippen MR) is 122 cm³/mol. The van der Waals surface area contributed by atoms with Crippen molar-refractivity contribution in [2.75, 3.05) is 25.0 Å². The summed E-state index contributed by atoms with van der Waals surface area (Å²) in [5.74, 6) is 1.79. The van der Waals surface area contributed by atoms with Gasteiger partial charge in [-0.2, -0.15) is 0 Å². The maximum atomic E-state index is 4.61. The maximum Gasteiger partial charge on any atom is 0.191 e. The van der Waals surface area contributed by atoms with Crippen molar-refractivity contribution >= 4 is 47.1 Å². The summed E-state index contributed by atoms with van der Waals surface area (Å²) >= 11 is 1.74. The van der Waals surface area contributed by atoms with E-state index in [1.807, 2.05) is 24.4 Å². The van der Waals surface area contributed by atoms with E-state index in [1.54, 1.807) is 17.5 Å². The minimum absolute atomic E-state index is 0. The lowest BCUT2D eigenvalue weighted by Crippen LogP contribution is -2.37. The van der Waals surface area contributed by atoms with Crippen LogP contribution in [-0.2, 0) is 13.0 Å². The van der Waals surface area contributed by atoms with Crippen molar-refractivity contribution in [2.24, 2.45) is 4.99 Å². The van der Waals surface area contributed by atoms with Gasteiger partial charge in [0.2, 0.25) is 0 Å². The van der Waals surface area contributed by atoms with Crippen LogP contribution in [0.15, 0.2) is 35.6 Å². The first-order valence-electron chi connectivity index (χ1n) is 8.92. The van der Waals surface area contributed by atoms with Gasteiger partial charge in [0.1, 0.15) is 10.8 Å². The molecule has 0 spiro atoms. The Labute approximate surface area is 177 Å². The molecule has 2 rings (SSSR count). The lowest BCUT2D eigenvalue weighted by Gasteiger charge is -2.11. The normalized spacial score (nSPS) is 10.9. The number of nitrogens with zero attached hydrogens (tertiary/aromatic N) is 3. The molecule has 8 heteroatoms. The third-order valence-electron chi connectivity index (χ3n) is 3.53. The van der Waals surface area contributed by atoms with Gasteiger partial charge >= 0.3 is 0 Å². The third-order valence-corrected chi connectivity index (χ3v) is 4.66. The SMILES string of the molecule is CCNC(=NCc1ncc(CC)s1)NCCCCNc1ccccn1.I. The summed E-state index contributed by atoms with van der Waals surface area (Å²) in [7, 11) is 0. The molecule has 0 radical (unpaired) electrons. The second kappa shape index (κ2) is 13.7. The van der Waals surface area contributed by atoms with Crippen molar-refractivity contribution in [3.05, 3.63) is 40.5 Å². The average molecular weight is 488 g/mol. The number of unbranched alkanes of at least 4 members (excludes halogenated alkanes) is 1. The average Bonchev–Trinajstić information content (AvgIpc) is 3.11. The van der Waals surface area contributed by atoms with Crippen LogP contribution in [0.25, 0.3) is 0 Å². The fraction of sp³-hybridized carbons (Fsp3) is 0.500. The molecule has 0 saturated carbocycles. The quantitative estimate of drug-likeness (QED) is 0.206. The monoisotopic (exact) mass is 488 g/mol. The third kappa shape index (κ3) is 8.79. The summed E-state index contributed by atoms with van der Waals surface area (Å²) in [6.45, 7) is 7.52. The Kier molecular flexibility index (Phi) is 12.0. The summed E-state index contributed by atoms with van der Waals surface area (Å²) in [5, 5.41) is 11.0. The number of aromatic nitrogens is 2. The first kappa shape index (κ1) is 22.6. The zero-order chi connectivity index (χ0) is 17.7. The topological polar surface area (TPSA) is 74.2 Å². The number of aryl methyl sites for hydroxylation is 1. The van der Waals surface area contributed by atoms with Crippen LogP contribution in [0.2, 0.25) is 0 Å². The Balaban J connectivity index is 0.00000338. The van der Waals surface area contributed by atoms with E-state index in [0.717, 1.165) is 55.7 Å². The molecule has 3 N–H and O–H groups in total.